The lowest BCUT2D eigenvalue weighted by molar-refractivity contribution is 0.0302. The van der Waals surface area contributed by atoms with Crippen LogP contribution in [0, 0.1) is 0 Å². The van der Waals surface area contributed by atoms with E-state index in [2.05, 4.69) is 20.7 Å². The number of amides is 1. The maximum absolute atomic E-state index is 12.7. The molecule has 0 aliphatic carbocycles. The summed E-state index contributed by atoms with van der Waals surface area (Å²) in [7, 11) is 3.35. The molecule has 3 aromatic rings. The fraction of sp³-hybridized carbons (Fsp3) is 0.316. The largest absolute Gasteiger partial charge is 0.495 e. The Labute approximate surface area is 172 Å². The molecule has 0 unspecified atom stereocenters. The van der Waals surface area contributed by atoms with Crippen LogP contribution in [0.5, 0.6) is 5.75 Å². The van der Waals surface area contributed by atoms with Gasteiger partial charge < -0.3 is 25.0 Å². The molecule has 0 atom stereocenters. The molecule has 2 N–H and O–H groups in total. The number of ether oxygens (including phenoxy) is 2. The number of rotatable bonds is 5. The Morgan fingerprint density at radius 3 is 2.79 bits per heavy atom. The molecule has 1 amide bonds. The first-order valence-electron chi connectivity index (χ1n) is 9.15. The highest BCUT2D eigenvalue weighted by Gasteiger charge is 2.20. The van der Waals surface area contributed by atoms with E-state index in [0.717, 1.165) is 5.82 Å². The molecule has 1 fully saturated rings. The summed E-state index contributed by atoms with van der Waals surface area (Å²) in [5.41, 5.74) is 1.77. The number of morpholine rings is 1. The number of carbonyl (C=O) groups excluding carboxylic acids is 1. The van der Waals surface area contributed by atoms with Crippen LogP contribution in [0.3, 0.4) is 0 Å². The van der Waals surface area contributed by atoms with Crippen LogP contribution in [0.25, 0.3) is 5.65 Å². The Morgan fingerprint density at radius 2 is 2.07 bits per heavy atom. The minimum atomic E-state index is -0.0406. The number of aromatic nitrogens is 3. The molecule has 0 radical (unpaired) electrons. The van der Waals surface area contributed by atoms with E-state index in [-0.39, 0.29) is 5.91 Å². The van der Waals surface area contributed by atoms with Crippen LogP contribution in [-0.4, -0.2) is 65.9 Å². The van der Waals surface area contributed by atoms with Crippen LogP contribution in [0.1, 0.15) is 10.4 Å². The van der Waals surface area contributed by atoms with Gasteiger partial charge in [0.15, 0.2) is 5.65 Å². The number of hydrogen-bond acceptors (Lipinski definition) is 7. The van der Waals surface area contributed by atoms with Crippen LogP contribution < -0.4 is 15.4 Å². The van der Waals surface area contributed by atoms with Gasteiger partial charge in [0.05, 0.1) is 32.2 Å². The molecule has 10 heteroatoms. The van der Waals surface area contributed by atoms with Crippen LogP contribution in [0.15, 0.2) is 30.5 Å². The molecular formula is C19H21ClN6O3. The van der Waals surface area contributed by atoms with Crippen molar-refractivity contribution in [1.82, 2.24) is 19.5 Å². The highest BCUT2D eigenvalue weighted by molar-refractivity contribution is 6.33. The molecule has 1 aliphatic rings. The van der Waals surface area contributed by atoms with Gasteiger partial charge in [-0.15, -0.1) is 0 Å². The van der Waals surface area contributed by atoms with E-state index in [1.54, 1.807) is 48.0 Å². The lowest BCUT2D eigenvalue weighted by Crippen LogP contribution is -2.40. The molecule has 1 saturated heterocycles. The zero-order chi connectivity index (χ0) is 20.4. The molecule has 152 valence electrons. The topological polar surface area (TPSA) is 93.0 Å². The predicted molar refractivity (Wildman–Crippen MR) is 111 cm³/mol. The summed E-state index contributed by atoms with van der Waals surface area (Å²) >= 11 is 6.19. The number of methoxy groups -OCH3 is 1. The molecule has 0 spiro atoms. The molecule has 4 rings (SSSR count). The number of carbonyl (C=O) groups is 1. The quantitative estimate of drug-likeness (QED) is 0.660. The number of halogens is 1. The van der Waals surface area contributed by atoms with E-state index in [0.29, 0.717) is 59.8 Å². The SMILES string of the molecule is CNc1cc(Nc2ccc(C(=O)N3CCOCC3)cc2OC)nc2c(Cl)cnn12. The zero-order valence-corrected chi connectivity index (χ0v) is 16.9. The van der Waals surface area contributed by atoms with E-state index in [1.807, 2.05) is 6.07 Å². The fourth-order valence-corrected chi connectivity index (χ4v) is 3.36. The third-order valence-corrected chi connectivity index (χ3v) is 4.96. The van der Waals surface area contributed by atoms with Gasteiger partial charge in [0.2, 0.25) is 0 Å². The lowest BCUT2D eigenvalue weighted by atomic mass is 10.1. The van der Waals surface area contributed by atoms with Crippen LogP contribution in [0.2, 0.25) is 5.02 Å². The second-order valence-corrected chi connectivity index (χ2v) is 6.86. The van der Waals surface area contributed by atoms with E-state index >= 15 is 0 Å². The third-order valence-electron chi connectivity index (χ3n) is 4.69. The van der Waals surface area contributed by atoms with Gasteiger partial charge in [-0.25, -0.2) is 4.98 Å². The summed E-state index contributed by atoms with van der Waals surface area (Å²) < 4.78 is 12.4. The van der Waals surface area contributed by atoms with E-state index in [4.69, 9.17) is 21.1 Å². The number of hydrogen-bond donors (Lipinski definition) is 2. The van der Waals surface area contributed by atoms with E-state index < -0.39 is 0 Å². The van der Waals surface area contributed by atoms with Gasteiger partial charge in [-0.3, -0.25) is 4.79 Å². The number of fused-ring (bicyclic) bond motifs is 1. The van der Waals surface area contributed by atoms with Crippen molar-refractivity contribution in [3.63, 3.8) is 0 Å². The van der Waals surface area contributed by atoms with Crippen molar-refractivity contribution >= 4 is 40.5 Å². The van der Waals surface area contributed by atoms with Crippen molar-refractivity contribution in [1.29, 1.82) is 0 Å². The zero-order valence-electron chi connectivity index (χ0n) is 16.1. The molecular weight excluding hydrogens is 396 g/mol. The molecule has 1 aromatic carbocycles. The molecule has 9 nitrogen and oxygen atoms in total. The van der Waals surface area contributed by atoms with Gasteiger partial charge in [0.1, 0.15) is 22.4 Å². The van der Waals surface area contributed by atoms with Crippen molar-refractivity contribution < 1.29 is 14.3 Å². The first kappa shape index (κ1) is 19.3. The summed E-state index contributed by atoms with van der Waals surface area (Å²) in [5, 5.41) is 11.0. The normalized spacial score (nSPS) is 14.1. The average molecular weight is 417 g/mol. The summed E-state index contributed by atoms with van der Waals surface area (Å²) in [6.07, 6.45) is 1.54. The molecule has 1 aliphatic heterocycles. The van der Waals surface area contributed by atoms with Crippen molar-refractivity contribution in [3.8, 4) is 5.75 Å². The smallest absolute Gasteiger partial charge is 0.254 e. The molecule has 0 saturated carbocycles. The first-order chi connectivity index (χ1) is 14.1. The number of nitrogens with zero attached hydrogens (tertiary/aromatic N) is 4. The number of anilines is 3. The Kier molecular flexibility index (Phi) is 5.41. The second kappa shape index (κ2) is 8.14. The van der Waals surface area contributed by atoms with Crippen molar-refractivity contribution in [2.45, 2.75) is 0 Å². The highest BCUT2D eigenvalue weighted by Crippen LogP contribution is 2.30. The van der Waals surface area contributed by atoms with E-state index in [9.17, 15) is 4.79 Å². The predicted octanol–water partition coefficient (Wildman–Crippen LogP) is 2.65. The number of benzene rings is 1. The monoisotopic (exact) mass is 416 g/mol. The van der Waals surface area contributed by atoms with Crippen molar-refractivity contribution in [3.05, 3.63) is 41.0 Å². The summed E-state index contributed by atoms with van der Waals surface area (Å²) in [5.74, 6) is 1.79. The van der Waals surface area contributed by atoms with E-state index in [1.165, 1.54) is 0 Å². The van der Waals surface area contributed by atoms with Gasteiger partial charge in [0.25, 0.3) is 5.91 Å². The fourth-order valence-electron chi connectivity index (χ4n) is 3.19. The third kappa shape index (κ3) is 3.79. The summed E-state index contributed by atoms with van der Waals surface area (Å²) in [4.78, 5) is 19.0. The molecule has 2 aromatic heterocycles. The average Bonchev–Trinajstić information content (AvgIpc) is 3.14. The Balaban J connectivity index is 1.63. The highest BCUT2D eigenvalue weighted by atomic mass is 35.5. The second-order valence-electron chi connectivity index (χ2n) is 6.45. The number of nitrogens with one attached hydrogen (secondary N) is 2. The molecule has 29 heavy (non-hydrogen) atoms. The van der Waals surface area contributed by atoms with Gasteiger partial charge in [-0.2, -0.15) is 9.61 Å². The van der Waals surface area contributed by atoms with Crippen LogP contribution in [-0.2, 0) is 4.74 Å². The Hall–Kier alpha value is -3.04. The van der Waals surface area contributed by atoms with Crippen LogP contribution >= 0.6 is 11.6 Å². The molecule has 3 heterocycles. The van der Waals surface area contributed by atoms with Gasteiger partial charge in [-0.1, -0.05) is 11.6 Å². The lowest BCUT2D eigenvalue weighted by Gasteiger charge is -2.27. The summed E-state index contributed by atoms with van der Waals surface area (Å²) in [6, 6.07) is 7.10. The summed E-state index contributed by atoms with van der Waals surface area (Å²) in [6.45, 7) is 2.29. The van der Waals surface area contributed by atoms with Gasteiger partial charge >= 0.3 is 0 Å². The van der Waals surface area contributed by atoms with Crippen molar-refractivity contribution in [2.75, 3.05) is 51.1 Å². The standard InChI is InChI=1S/C19H21ClN6O3/c1-21-17-10-16(24-18-13(20)11-22-26(17)18)23-14-4-3-12(9-15(14)28-2)19(27)25-5-7-29-8-6-25/h3-4,9-11,21H,5-8H2,1-2H3,(H,23,24). The van der Waals surface area contributed by atoms with Crippen molar-refractivity contribution in [2.24, 2.45) is 0 Å². The minimum absolute atomic E-state index is 0.0406. The van der Waals surface area contributed by atoms with Gasteiger partial charge in [0, 0.05) is 31.8 Å². The maximum Gasteiger partial charge on any atom is 0.254 e. The van der Waals surface area contributed by atoms with Gasteiger partial charge in [-0.05, 0) is 18.2 Å². The maximum atomic E-state index is 12.7. The minimum Gasteiger partial charge on any atom is -0.495 e. The van der Waals surface area contributed by atoms with Crippen LogP contribution in [0.4, 0.5) is 17.3 Å². The Morgan fingerprint density at radius 1 is 1.28 bits per heavy atom. The first-order valence-corrected chi connectivity index (χ1v) is 9.52. The Bertz CT molecular complexity index is 1050. The molecule has 0 bridgehead atoms.